The standard InChI is InChI=1S/C24H28FN3O3S/c1-32(29,30)15-19-7-4-8-21(13-19)28-16-26-24(27-17-28)22-10-9-20(25)14-23(22)31-12-11-18-5-2-3-6-18/h4,7-10,13-14,16,18H,2-3,5-6,11-12,15,17H2,1H3. The maximum Gasteiger partial charge on any atom is 0.161 e. The Morgan fingerprint density at radius 2 is 1.97 bits per heavy atom. The van der Waals surface area contributed by atoms with Gasteiger partial charge < -0.3 is 9.64 Å². The molecule has 32 heavy (non-hydrogen) atoms. The Bertz CT molecular complexity index is 1130. The minimum absolute atomic E-state index is 0.0164. The zero-order valence-corrected chi connectivity index (χ0v) is 19.0. The normalized spacial score (nSPS) is 16.9. The summed E-state index contributed by atoms with van der Waals surface area (Å²) in [7, 11) is -3.12. The SMILES string of the molecule is CS(=O)(=O)Cc1cccc(N2C=NC(c3ccc(F)cc3OCCC3CCCC3)=NC2)c1. The molecule has 0 amide bonds. The summed E-state index contributed by atoms with van der Waals surface area (Å²) in [4.78, 5) is 10.9. The van der Waals surface area contributed by atoms with Crippen molar-refractivity contribution in [1.29, 1.82) is 0 Å². The van der Waals surface area contributed by atoms with Crippen LogP contribution < -0.4 is 9.64 Å². The Kier molecular flexibility index (Phi) is 6.89. The van der Waals surface area contributed by atoms with Gasteiger partial charge in [0.2, 0.25) is 0 Å². The van der Waals surface area contributed by atoms with Gasteiger partial charge in [-0.1, -0.05) is 37.8 Å². The first-order chi connectivity index (χ1) is 15.4. The lowest BCUT2D eigenvalue weighted by Crippen LogP contribution is -2.27. The second kappa shape index (κ2) is 9.81. The van der Waals surface area contributed by atoms with Crippen LogP contribution in [-0.2, 0) is 15.6 Å². The Morgan fingerprint density at radius 1 is 1.16 bits per heavy atom. The predicted molar refractivity (Wildman–Crippen MR) is 126 cm³/mol. The van der Waals surface area contributed by atoms with E-state index < -0.39 is 9.84 Å². The van der Waals surface area contributed by atoms with E-state index in [9.17, 15) is 12.8 Å². The summed E-state index contributed by atoms with van der Waals surface area (Å²) in [5.41, 5.74) is 2.19. The van der Waals surface area contributed by atoms with E-state index in [2.05, 4.69) is 9.98 Å². The molecule has 8 heteroatoms. The highest BCUT2D eigenvalue weighted by Gasteiger charge is 2.18. The van der Waals surface area contributed by atoms with Crippen LogP contribution in [0, 0.1) is 11.7 Å². The molecule has 1 heterocycles. The molecule has 0 radical (unpaired) electrons. The van der Waals surface area contributed by atoms with Crippen molar-refractivity contribution >= 4 is 27.7 Å². The van der Waals surface area contributed by atoms with Gasteiger partial charge in [0.15, 0.2) is 15.7 Å². The van der Waals surface area contributed by atoms with Gasteiger partial charge in [0, 0.05) is 18.0 Å². The molecule has 0 spiro atoms. The molecule has 2 aliphatic rings. The second-order valence-corrected chi connectivity index (χ2v) is 10.6. The van der Waals surface area contributed by atoms with Crippen molar-refractivity contribution in [2.45, 2.75) is 37.9 Å². The fourth-order valence-electron chi connectivity index (χ4n) is 4.21. The van der Waals surface area contributed by atoms with Gasteiger partial charge in [-0.2, -0.15) is 0 Å². The molecule has 4 rings (SSSR count). The number of ether oxygens (including phenoxy) is 1. The first kappa shape index (κ1) is 22.5. The van der Waals surface area contributed by atoms with Gasteiger partial charge in [-0.3, -0.25) is 0 Å². The Labute approximate surface area is 188 Å². The number of rotatable bonds is 8. The van der Waals surface area contributed by atoms with Crippen LogP contribution >= 0.6 is 0 Å². The van der Waals surface area contributed by atoms with Crippen molar-refractivity contribution in [2.24, 2.45) is 15.9 Å². The molecule has 6 nitrogen and oxygen atoms in total. The molecule has 1 saturated carbocycles. The molecule has 1 fully saturated rings. The van der Waals surface area contributed by atoms with Crippen LogP contribution in [0.1, 0.15) is 43.2 Å². The fraction of sp³-hybridized carbons (Fsp3) is 0.417. The highest BCUT2D eigenvalue weighted by atomic mass is 32.2. The molecule has 2 aromatic carbocycles. The van der Waals surface area contributed by atoms with E-state index in [1.807, 2.05) is 23.1 Å². The van der Waals surface area contributed by atoms with Crippen LogP contribution in [0.3, 0.4) is 0 Å². The summed E-state index contributed by atoms with van der Waals surface area (Å²) in [5, 5.41) is 0. The third kappa shape index (κ3) is 5.94. The number of hydrogen-bond donors (Lipinski definition) is 0. The third-order valence-corrected chi connectivity index (χ3v) is 6.66. The summed E-state index contributed by atoms with van der Waals surface area (Å²) in [6.07, 6.45) is 8.92. The van der Waals surface area contributed by atoms with Gasteiger partial charge in [-0.05, 0) is 42.2 Å². The summed E-state index contributed by atoms with van der Waals surface area (Å²) in [6.45, 7) is 0.872. The van der Waals surface area contributed by atoms with Crippen molar-refractivity contribution < 1.29 is 17.5 Å². The van der Waals surface area contributed by atoms with Gasteiger partial charge in [-0.15, -0.1) is 0 Å². The third-order valence-electron chi connectivity index (χ3n) is 5.81. The zero-order valence-electron chi connectivity index (χ0n) is 18.2. The van der Waals surface area contributed by atoms with Gasteiger partial charge in [0.1, 0.15) is 18.2 Å². The van der Waals surface area contributed by atoms with Crippen molar-refractivity contribution in [3.8, 4) is 5.75 Å². The maximum atomic E-state index is 13.9. The molecule has 0 unspecified atom stereocenters. The van der Waals surface area contributed by atoms with E-state index in [-0.39, 0.29) is 11.6 Å². The molecule has 0 saturated heterocycles. The summed E-state index contributed by atoms with van der Waals surface area (Å²) in [6, 6.07) is 11.7. The first-order valence-electron chi connectivity index (χ1n) is 10.9. The van der Waals surface area contributed by atoms with E-state index in [1.54, 1.807) is 18.5 Å². The summed E-state index contributed by atoms with van der Waals surface area (Å²) >= 11 is 0. The number of aliphatic imine (C=N–C) groups is 2. The monoisotopic (exact) mass is 457 g/mol. The lowest BCUT2D eigenvalue weighted by atomic mass is 10.1. The fourth-order valence-corrected chi connectivity index (χ4v) is 5.00. The van der Waals surface area contributed by atoms with Gasteiger partial charge in [0.05, 0.1) is 24.3 Å². The van der Waals surface area contributed by atoms with Crippen LogP contribution in [0.4, 0.5) is 10.1 Å². The molecule has 0 atom stereocenters. The Balaban J connectivity index is 1.45. The van der Waals surface area contributed by atoms with Crippen LogP contribution in [0.15, 0.2) is 52.4 Å². The number of amidine groups is 1. The zero-order chi connectivity index (χ0) is 22.6. The number of sulfone groups is 1. The van der Waals surface area contributed by atoms with Crippen LogP contribution in [0.5, 0.6) is 5.75 Å². The lowest BCUT2D eigenvalue weighted by molar-refractivity contribution is 0.277. The minimum atomic E-state index is -3.12. The molecule has 0 aromatic heterocycles. The summed E-state index contributed by atoms with van der Waals surface area (Å²) in [5.74, 6) is 1.28. The van der Waals surface area contributed by atoms with Gasteiger partial charge in [-0.25, -0.2) is 22.8 Å². The molecule has 0 N–H and O–H groups in total. The highest BCUT2D eigenvalue weighted by molar-refractivity contribution is 7.89. The average Bonchev–Trinajstić information content (AvgIpc) is 3.27. The molecule has 1 aliphatic carbocycles. The molecule has 1 aliphatic heterocycles. The topological polar surface area (TPSA) is 71.3 Å². The second-order valence-electron chi connectivity index (χ2n) is 8.51. The van der Waals surface area contributed by atoms with E-state index in [4.69, 9.17) is 4.74 Å². The van der Waals surface area contributed by atoms with Crippen LogP contribution in [-0.4, -0.2) is 40.1 Å². The molecule has 170 valence electrons. The molecular formula is C24H28FN3O3S. The quantitative estimate of drug-likeness (QED) is 0.582. The van der Waals surface area contributed by atoms with Crippen molar-refractivity contribution in [1.82, 2.24) is 0 Å². The lowest BCUT2D eigenvalue weighted by Gasteiger charge is -2.22. The van der Waals surface area contributed by atoms with Crippen molar-refractivity contribution in [3.05, 3.63) is 59.4 Å². The number of anilines is 1. The number of benzene rings is 2. The number of halogens is 1. The minimum Gasteiger partial charge on any atom is -0.493 e. The molecular weight excluding hydrogens is 429 g/mol. The van der Waals surface area contributed by atoms with E-state index >= 15 is 0 Å². The Morgan fingerprint density at radius 3 is 2.69 bits per heavy atom. The average molecular weight is 458 g/mol. The first-order valence-corrected chi connectivity index (χ1v) is 13.0. The van der Waals surface area contributed by atoms with Crippen LogP contribution in [0.25, 0.3) is 0 Å². The van der Waals surface area contributed by atoms with E-state index in [0.717, 1.165) is 12.1 Å². The van der Waals surface area contributed by atoms with Crippen molar-refractivity contribution in [3.63, 3.8) is 0 Å². The van der Waals surface area contributed by atoms with Crippen molar-refractivity contribution in [2.75, 3.05) is 24.4 Å². The van der Waals surface area contributed by atoms with Gasteiger partial charge in [0.25, 0.3) is 0 Å². The molecule has 2 aromatic rings. The van der Waals surface area contributed by atoms with E-state index in [0.29, 0.717) is 41.9 Å². The number of hydrogen-bond acceptors (Lipinski definition) is 6. The Hall–Kier alpha value is -2.74. The molecule has 0 bridgehead atoms. The van der Waals surface area contributed by atoms with E-state index in [1.165, 1.54) is 44.1 Å². The summed E-state index contributed by atoms with van der Waals surface area (Å²) < 4.78 is 43.0. The highest BCUT2D eigenvalue weighted by Crippen LogP contribution is 2.29. The van der Waals surface area contributed by atoms with Crippen LogP contribution in [0.2, 0.25) is 0 Å². The number of nitrogens with zero attached hydrogens (tertiary/aromatic N) is 3. The maximum absolute atomic E-state index is 13.9. The largest absolute Gasteiger partial charge is 0.493 e. The predicted octanol–water partition coefficient (Wildman–Crippen LogP) is 4.58. The smallest absolute Gasteiger partial charge is 0.161 e. The van der Waals surface area contributed by atoms with Gasteiger partial charge >= 0.3 is 0 Å².